The molecule has 6 atom stereocenters. The van der Waals surface area contributed by atoms with Crippen molar-refractivity contribution in [3.63, 3.8) is 0 Å². The molecule has 3 N–H and O–H groups in total. The molecule has 0 aliphatic rings. The quantitative estimate of drug-likeness (QED) is 0.232. The molecule has 1 aromatic carbocycles. The molecule has 214 valence electrons. The number of hydrogen-bond acceptors (Lipinski definition) is 8. The standard InChI is InChI=1S/C29H45NO8/c1-9-11-17(5)28(34)37-22-14-13-21(15-23(22)38-29(35)18(6)12-10-2)24(25(30)26(31)32)19(7)20(8)36-27(33)16(3)4/h13-20,24-25H,9-12,30H2,1-8H3,(H,31,32)/t17?,18?,19?,20?,24?,25-/m0/s1. The third kappa shape index (κ3) is 9.42. The van der Waals surface area contributed by atoms with Gasteiger partial charge in [0.05, 0.1) is 17.8 Å². The molecule has 1 rings (SSSR count). The molecule has 0 saturated heterocycles. The van der Waals surface area contributed by atoms with E-state index in [2.05, 4.69) is 0 Å². The van der Waals surface area contributed by atoms with Gasteiger partial charge in [0.25, 0.3) is 0 Å². The molecule has 0 heterocycles. The lowest BCUT2D eigenvalue weighted by atomic mass is 9.79. The second-order valence-electron chi connectivity index (χ2n) is 10.5. The lowest BCUT2D eigenvalue weighted by Crippen LogP contribution is -2.43. The first-order valence-electron chi connectivity index (χ1n) is 13.5. The van der Waals surface area contributed by atoms with Gasteiger partial charge >= 0.3 is 23.9 Å². The molecule has 0 fully saturated rings. The number of carboxylic acids is 1. The Balaban J connectivity index is 3.52. The van der Waals surface area contributed by atoms with Crippen molar-refractivity contribution < 1.29 is 38.5 Å². The van der Waals surface area contributed by atoms with Crippen molar-refractivity contribution in [1.82, 2.24) is 0 Å². The lowest BCUT2D eigenvalue weighted by molar-refractivity contribution is -0.155. The topological polar surface area (TPSA) is 142 Å². The van der Waals surface area contributed by atoms with E-state index in [4.69, 9.17) is 19.9 Å². The van der Waals surface area contributed by atoms with E-state index in [1.54, 1.807) is 47.6 Å². The molecule has 9 nitrogen and oxygen atoms in total. The summed E-state index contributed by atoms with van der Waals surface area (Å²) in [4.78, 5) is 49.6. The van der Waals surface area contributed by atoms with Crippen LogP contribution in [0.4, 0.5) is 0 Å². The van der Waals surface area contributed by atoms with Gasteiger partial charge in [-0.15, -0.1) is 0 Å². The summed E-state index contributed by atoms with van der Waals surface area (Å²) in [5.41, 5.74) is 6.57. The second kappa shape index (κ2) is 15.5. The first-order valence-corrected chi connectivity index (χ1v) is 13.5. The number of rotatable bonds is 15. The number of carbonyl (C=O) groups is 4. The fourth-order valence-electron chi connectivity index (χ4n) is 4.13. The molecule has 1 aromatic rings. The van der Waals surface area contributed by atoms with Gasteiger partial charge in [-0.05, 0) is 37.5 Å². The monoisotopic (exact) mass is 535 g/mol. The van der Waals surface area contributed by atoms with E-state index >= 15 is 0 Å². The van der Waals surface area contributed by atoms with Crippen LogP contribution in [0.1, 0.15) is 92.6 Å². The van der Waals surface area contributed by atoms with Crippen molar-refractivity contribution >= 4 is 23.9 Å². The van der Waals surface area contributed by atoms with E-state index in [0.29, 0.717) is 18.4 Å². The Morgan fingerprint density at radius 2 is 1.32 bits per heavy atom. The van der Waals surface area contributed by atoms with E-state index in [-0.39, 0.29) is 23.3 Å². The van der Waals surface area contributed by atoms with Crippen LogP contribution < -0.4 is 15.2 Å². The number of aliphatic carboxylic acids is 1. The molecular weight excluding hydrogens is 490 g/mol. The number of carbonyl (C=O) groups excluding carboxylic acids is 3. The molecule has 0 aliphatic heterocycles. The fraction of sp³-hybridized carbons (Fsp3) is 0.655. The molecule has 9 heteroatoms. The van der Waals surface area contributed by atoms with Gasteiger partial charge in [0, 0.05) is 11.8 Å². The number of esters is 3. The summed E-state index contributed by atoms with van der Waals surface area (Å²) in [6, 6.07) is 3.23. The molecule has 0 radical (unpaired) electrons. The molecule has 0 spiro atoms. The number of benzene rings is 1. The number of nitrogens with two attached hydrogens (primary N) is 1. The van der Waals surface area contributed by atoms with E-state index in [1.807, 2.05) is 13.8 Å². The van der Waals surface area contributed by atoms with Gasteiger partial charge in [0.2, 0.25) is 0 Å². The maximum Gasteiger partial charge on any atom is 0.321 e. The Hall–Kier alpha value is -2.94. The third-order valence-electron chi connectivity index (χ3n) is 6.77. The van der Waals surface area contributed by atoms with E-state index in [0.717, 1.165) is 12.8 Å². The van der Waals surface area contributed by atoms with Gasteiger partial charge in [-0.25, -0.2) is 0 Å². The molecule has 0 bridgehead atoms. The fourth-order valence-corrected chi connectivity index (χ4v) is 4.13. The summed E-state index contributed by atoms with van der Waals surface area (Å²) in [6.07, 6.45) is 2.19. The highest BCUT2D eigenvalue weighted by molar-refractivity contribution is 5.79. The van der Waals surface area contributed by atoms with Crippen LogP contribution in [0.5, 0.6) is 11.5 Å². The number of carboxylic acid groups (broad SMARTS) is 1. The minimum Gasteiger partial charge on any atom is -0.480 e. The zero-order valence-corrected chi connectivity index (χ0v) is 24.0. The van der Waals surface area contributed by atoms with Crippen molar-refractivity contribution in [3.8, 4) is 11.5 Å². The van der Waals surface area contributed by atoms with Crippen molar-refractivity contribution in [2.45, 2.75) is 99.1 Å². The minimum absolute atomic E-state index is 0.00844. The van der Waals surface area contributed by atoms with Gasteiger partial charge < -0.3 is 25.1 Å². The zero-order valence-electron chi connectivity index (χ0n) is 24.0. The lowest BCUT2D eigenvalue weighted by Gasteiger charge is -2.32. The van der Waals surface area contributed by atoms with Crippen LogP contribution >= 0.6 is 0 Å². The Morgan fingerprint density at radius 3 is 1.76 bits per heavy atom. The predicted octanol–water partition coefficient (Wildman–Crippen LogP) is 5.09. The maximum atomic E-state index is 12.8. The summed E-state index contributed by atoms with van der Waals surface area (Å²) >= 11 is 0. The van der Waals surface area contributed by atoms with E-state index in [1.165, 1.54) is 12.1 Å². The normalized spacial score (nSPS) is 16.1. The average Bonchev–Trinajstić information content (AvgIpc) is 2.85. The molecule has 38 heavy (non-hydrogen) atoms. The van der Waals surface area contributed by atoms with Crippen molar-refractivity contribution in [3.05, 3.63) is 23.8 Å². The molecule has 0 aromatic heterocycles. The summed E-state index contributed by atoms with van der Waals surface area (Å²) in [6.45, 7) is 14.3. The van der Waals surface area contributed by atoms with Crippen LogP contribution in [-0.4, -0.2) is 41.1 Å². The third-order valence-corrected chi connectivity index (χ3v) is 6.77. The second-order valence-corrected chi connectivity index (χ2v) is 10.5. The highest BCUT2D eigenvalue weighted by Crippen LogP contribution is 2.38. The van der Waals surface area contributed by atoms with E-state index in [9.17, 15) is 24.3 Å². The predicted molar refractivity (Wildman–Crippen MR) is 144 cm³/mol. The van der Waals surface area contributed by atoms with Gasteiger partial charge in [0.1, 0.15) is 12.1 Å². The molecular formula is C29H45NO8. The minimum atomic E-state index is -1.34. The molecule has 0 amide bonds. The summed E-state index contributed by atoms with van der Waals surface area (Å²) in [5, 5.41) is 9.76. The molecule has 5 unspecified atom stereocenters. The highest BCUT2D eigenvalue weighted by atomic mass is 16.6. The van der Waals surface area contributed by atoms with Gasteiger partial charge in [-0.3, -0.25) is 19.2 Å². The van der Waals surface area contributed by atoms with Crippen LogP contribution in [0.3, 0.4) is 0 Å². The first-order chi connectivity index (χ1) is 17.7. The van der Waals surface area contributed by atoms with Crippen LogP contribution in [-0.2, 0) is 23.9 Å². The van der Waals surface area contributed by atoms with Crippen molar-refractivity contribution in [2.24, 2.45) is 29.4 Å². The number of ether oxygens (including phenoxy) is 3. The molecule has 0 saturated carbocycles. The van der Waals surface area contributed by atoms with Crippen LogP contribution in [0.2, 0.25) is 0 Å². The molecule has 0 aliphatic carbocycles. The number of hydrogen-bond donors (Lipinski definition) is 2. The van der Waals surface area contributed by atoms with Crippen molar-refractivity contribution in [2.75, 3.05) is 0 Å². The Labute approximate surface area is 226 Å². The summed E-state index contributed by atoms with van der Waals surface area (Å²) in [7, 11) is 0. The summed E-state index contributed by atoms with van der Waals surface area (Å²) < 4.78 is 16.8. The largest absolute Gasteiger partial charge is 0.480 e. The van der Waals surface area contributed by atoms with E-state index < -0.39 is 53.8 Å². The highest BCUT2D eigenvalue weighted by Gasteiger charge is 2.36. The van der Waals surface area contributed by atoms with Crippen LogP contribution in [0, 0.1) is 23.7 Å². The van der Waals surface area contributed by atoms with Crippen LogP contribution in [0.15, 0.2) is 18.2 Å². The Morgan fingerprint density at radius 1 is 0.816 bits per heavy atom. The van der Waals surface area contributed by atoms with Crippen molar-refractivity contribution in [1.29, 1.82) is 0 Å². The summed E-state index contributed by atoms with van der Waals surface area (Å²) in [5.74, 6) is -4.93. The average molecular weight is 536 g/mol. The maximum absolute atomic E-state index is 12.8. The SMILES string of the molecule is CCCC(C)C(=O)Oc1ccc(C(C(C)C(C)OC(=O)C(C)C)[C@H](N)C(=O)O)cc1OC(=O)C(C)CCC. The Kier molecular flexibility index (Phi) is 13.5. The zero-order chi connectivity index (χ0) is 29.2. The van der Waals surface area contributed by atoms with Gasteiger partial charge in [0.15, 0.2) is 11.5 Å². The van der Waals surface area contributed by atoms with Crippen LogP contribution in [0.25, 0.3) is 0 Å². The smallest absolute Gasteiger partial charge is 0.321 e. The Bertz CT molecular complexity index is 960. The van der Waals surface area contributed by atoms with Gasteiger partial charge in [-0.2, -0.15) is 0 Å². The van der Waals surface area contributed by atoms with Gasteiger partial charge in [-0.1, -0.05) is 67.4 Å². The first kappa shape index (κ1) is 33.1.